The number of aryl methyl sites for hydroxylation is 1. The van der Waals surface area contributed by atoms with Crippen LogP contribution < -0.4 is 4.90 Å². The molecule has 3 aromatic rings. The van der Waals surface area contributed by atoms with Crippen LogP contribution >= 0.6 is 34.5 Å². The zero-order valence-electron chi connectivity index (χ0n) is 16.0. The third kappa shape index (κ3) is 3.82. The molecule has 1 amide bonds. The Labute approximate surface area is 192 Å². The molecule has 1 N–H and O–H groups in total. The minimum Gasteiger partial charge on any atom is -0.502 e. The van der Waals surface area contributed by atoms with Gasteiger partial charge in [-0.2, -0.15) is 0 Å². The predicted octanol–water partition coefficient (Wildman–Crippen LogP) is 4.74. The number of benzene rings is 2. The summed E-state index contributed by atoms with van der Waals surface area (Å²) in [6, 6.07) is 10.7. The summed E-state index contributed by atoms with van der Waals surface area (Å²) in [5.74, 6) is -1.73. The minimum atomic E-state index is -4.25. The number of sulfone groups is 1. The summed E-state index contributed by atoms with van der Waals surface area (Å²) < 4.78 is 27.0. The van der Waals surface area contributed by atoms with Crippen LogP contribution in [0.15, 0.2) is 64.1 Å². The van der Waals surface area contributed by atoms with E-state index in [9.17, 15) is 18.3 Å². The molecule has 7 nitrogen and oxygen atoms in total. The number of carbonyl (C=O) groups is 1. The monoisotopic (exact) mass is 495 g/mol. The molecule has 0 radical (unpaired) electrons. The lowest BCUT2D eigenvalue weighted by Crippen LogP contribution is -2.31. The molecule has 31 heavy (non-hydrogen) atoms. The van der Waals surface area contributed by atoms with Crippen LogP contribution in [-0.2, 0) is 21.1 Å². The summed E-state index contributed by atoms with van der Waals surface area (Å²) in [5.41, 5.74) is 0.447. The van der Waals surface area contributed by atoms with Crippen LogP contribution in [0.3, 0.4) is 0 Å². The number of aliphatic hydroxyl groups excluding tert-OH is 1. The largest absolute Gasteiger partial charge is 0.502 e. The first-order valence-corrected chi connectivity index (χ1v) is 12.1. The molecule has 1 aliphatic heterocycles. The summed E-state index contributed by atoms with van der Waals surface area (Å²) in [5, 5.41) is 20.4. The highest BCUT2D eigenvalue weighted by Crippen LogP contribution is 2.45. The maximum atomic E-state index is 13.5. The molecule has 160 valence electrons. The molecule has 11 heteroatoms. The average Bonchev–Trinajstić information content (AvgIpc) is 3.32. The number of amides is 1. The number of anilines is 1. The summed E-state index contributed by atoms with van der Waals surface area (Å²) in [6.45, 7) is 1.89. The molecule has 1 aromatic heterocycles. The van der Waals surface area contributed by atoms with E-state index in [0.29, 0.717) is 27.0 Å². The Balaban J connectivity index is 1.92. The Bertz CT molecular complexity index is 1290. The highest BCUT2D eigenvalue weighted by Gasteiger charge is 2.48. The van der Waals surface area contributed by atoms with Gasteiger partial charge >= 0.3 is 0 Å². The average molecular weight is 496 g/mol. The van der Waals surface area contributed by atoms with E-state index in [4.69, 9.17) is 23.2 Å². The molecule has 1 aliphatic rings. The standard InChI is InChI=1S/C20H15Cl2N3O4S2/c1-2-15-23-24-20(30-15)25-16(11-3-5-12(21)6-4-11)18(17(26)19(25)27)31(28,29)14-9-7-13(22)8-10-14/h3-10,16,26H,2H2,1H3/t16-/m1/s1. The molecule has 4 rings (SSSR count). The van der Waals surface area contributed by atoms with Gasteiger partial charge in [-0.3, -0.25) is 9.69 Å². The maximum Gasteiger partial charge on any atom is 0.296 e. The van der Waals surface area contributed by atoms with Gasteiger partial charge in [0.1, 0.15) is 16.0 Å². The molecular weight excluding hydrogens is 481 g/mol. The van der Waals surface area contributed by atoms with Crippen LogP contribution in [0.5, 0.6) is 0 Å². The quantitative estimate of drug-likeness (QED) is 0.548. The number of rotatable bonds is 5. The first-order valence-electron chi connectivity index (χ1n) is 9.09. The Hall–Kier alpha value is -2.46. The minimum absolute atomic E-state index is 0.0985. The van der Waals surface area contributed by atoms with Gasteiger partial charge in [-0.25, -0.2) is 8.42 Å². The van der Waals surface area contributed by atoms with Crippen LogP contribution in [-0.4, -0.2) is 29.6 Å². The number of halogens is 2. The molecule has 0 fully saturated rings. The van der Waals surface area contributed by atoms with Crippen molar-refractivity contribution in [2.45, 2.75) is 24.3 Å². The van der Waals surface area contributed by atoms with Gasteiger partial charge in [-0.15, -0.1) is 10.2 Å². The molecule has 0 saturated carbocycles. The molecule has 0 aliphatic carbocycles. The summed E-state index contributed by atoms with van der Waals surface area (Å²) in [4.78, 5) is 13.7. The maximum absolute atomic E-state index is 13.5. The van der Waals surface area contributed by atoms with Crippen molar-refractivity contribution in [3.05, 3.63) is 79.8 Å². The third-order valence-corrected chi connectivity index (χ3v) is 8.18. The Morgan fingerprint density at radius 3 is 2.16 bits per heavy atom. The van der Waals surface area contributed by atoms with E-state index in [2.05, 4.69) is 10.2 Å². The lowest BCUT2D eigenvalue weighted by Gasteiger charge is -2.24. The van der Waals surface area contributed by atoms with E-state index in [1.165, 1.54) is 24.3 Å². The van der Waals surface area contributed by atoms with Crippen molar-refractivity contribution < 1.29 is 18.3 Å². The van der Waals surface area contributed by atoms with Crippen LogP contribution in [0.4, 0.5) is 5.13 Å². The van der Waals surface area contributed by atoms with E-state index >= 15 is 0 Å². The molecule has 2 aromatic carbocycles. The highest BCUT2D eigenvalue weighted by atomic mass is 35.5. The van der Waals surface area contributed by atoms with Crippen molar-refractivity contribution in [3.63, 3.8) is 0 Å². The van der Waals surface area contributed by atoms with E-state index < -0.39 is 32.5 Å². The topological polar surface area (TPSA) is 100 Å². The Morgan fingerprint density at radius 2 is 1.61 bits per heavy atom. The van der Waals surface area contributed by atoms with E-state index in [1.807, 2.05) is 6.92 Å². The van der Waals surface area contributed by atoms with Crippen molar-refractivity contribution in [1.82, 2.24) is 10.2 Å². The van der Waals surface area contributed by atoms with E-state index in [0.717, 1.165) is 16.2 Å². The molecule has 0 bridgehead atoms. The summed E-state index contributed by atoms with van der Waals surface area (Å²) >= 11 is 13.0. The van der Waals surface area contributed by atoms with Gasteiger partial charge in [-0.1, -0.05) is 53.6 Å². The second-order valence-corrected chi connectivity index (χ2v) is 10.5. The van der Waals surface area contributed by atoms with Crippen molar-refractivity contribution in [2.75, 3.05) is 4.90 Å². The predicted molar refractivity (Wildman–Crippen MR) is 119 cm³/mol. The highest BCUT2D eigenvalue weighted by molar-refractivity contribution is 7.95. The lowest BCUT2D eigenvalue weighted by molar-refractivity contribution is -0.117. The SMILES string of the molecule is CCc1nnc(N2C(=O)C(O)=C(S(=O)(=O)c3ccc(Cl)cc3)[C@H]2c2ccc(Cl)cc2)s1. The van der Waals surface area contributed by atoms with Gasteiger partial charge in [0.15, 0.2) is 5.76 Å². The van der Waals surface area contributed by atoms with Crippen molar-refractivity contribution >= 4 is 55.4 Å². The fourth-order valence-corrected chi connectivity index (χ4v) is 5.91. The van der Waals surface area contributed by atoms with Gasteiger partial charge in [0.05, 0.1) is 4.90 Å². The first-order chi connectivity index (χ1) is 14.7. The van der Waals surface area contributed by atoms with Crippen LogP contribution in [0, 0.1) is 0 Å². The first kappa shape index (κ1) is 21.8. The van der Waals surface area contributed by atoms with Gasteiger partial charge in [0, 0.05) is 10.0 Å². The van der Waals surface area contributed by atoms with E-state index in [-0.39, 0.29) is 10.0 Å². The number of hydrogen-bond donors (Lipinski definition) is 1. The van der Waals surface area contributed by atoms with Crippen LogP contribution in [0.2, 0.25) is 10.0 Å². The van der Waals surface area contributed by atoms with Crippen molar-refractivity contribution in [1.29, 1.82) is 0 Å². The fraction of sp³-hybridized carbons (Fsp3) is 0.150. The van der Waals surface area contributed by atoms with Gasteiger partial charge in [0.2, 0.25) is 15.0 Å². The fourth-order valence-electron chi connectivity index (χ4n) is 3.23. The second kappa shape index (κ2) is 8.23. The van der Waals surface area contributed by atoms with Gasteiger partial charge in [0.25, 0.3) is 5.91 Å². The number of hydrogen-bond acceptors (Lipinski definition) is 7. The van der Waals surface area contributed by atoms with E-state index in [1.54, 1.807) is 24.3 Å². The number of aliphatic hydroxyl groups is 1. The van der Waals surface area contributed by atoms with Gasteiger partial charge < -0.3 is 5.11 Å². The molecule has 0 spiro atoms. The molecule has 1 atom stereocenters. The Kier molecular flexibility index (Phi) is 5.78. The third-order valence-electron chi connectivity index (χ3n) is 4.73. The lowest BCUT2D eigenvalue weighted by atomic mass is 10.1. The number of nitrogens with zero attached hydrogens (tertiary/aromatic N) is 3. The van der Waals surface area contributed by atoms with Gasteiger partial charge in [-0.05, 0) is 48.4 Å². The van der Waals surface area contributed by atoms with Crippen molar-refractivity contribution in [2.24, 2.45) is 0 Å². The van der Waals surface area contributed by atoms with Crippen LogP contribution in [0.1, 0.15) is 23.5 Å². The molecular formula is C20H15Cl2N3O4S2. The zero-order chi connectivity index (χ0) is 22.3. The summed E-state index contributed by atoms with van der Waals surface area (Å²) in [7, 11) is -4.25. The molecule has 2 heterocycles. The normalized spacial score (nSPS) is 16.9. The molecule has 0 unspecified atom stereocenters. The second-order valence-electron chi connectivity index (χ2n) is 6.63. The zero-order valence-corrected chi connectivity index (χ0v) is 19.1. The van der Waals surface area contributed by atoms with Crippen LogP contribution in [0.25, 0.3) is 0 Å². The summed E-state index contributed by atoms with van der Waals surface area (Å²) in [6.07, 6.45) is 0.598. The Morgan fingerprint density at radius 1 is 1.03 bits per heavy atom. The number of carbonyl (C=O) groups excluding carboxylic acids is 1. The molecule has 0 saturated heterocycles. The van der Waals surface area contributed by atoms with Crippen molar-refractivity contribution in [3.8, 4) is 0 Å². The smallest absolute Gasteiger partial charge is 0.296 e. The number of aromatic nitrogens is 2.